The minimum absolute atomic E-state index is 0.00141. The fourth-order valence-corrected chi connectivity index (χ4v) is 3.74. The lowest BCUT2D eigenvalue weighted by Gasteiger charge is -2.36. The molecule has 0 bridgehead atoms. The third-order valence-electron chi connectivity index (χ3n) is 5.50. The number of nitrogens with one attached hydrogen (secondary N) is 1. The normalized spacial score (nSPS) is 12.9. The van der Waals surface area contributed by atoms with Crippen LogP contribution in [0.15, 0.2) is 0 Å². The van der Waals surface area contributed by atoms with E-state index in [0.717, 1.165) is 25.7 Å². The molecule has 0 aliphatic heterocycles. The quantitative estimate of drug-likeness (QED) is 0.101. The first-order valence-electron chi connectivity index (χ1n) is 10.7. The molecule has 1 N–H and O–H groups in total. The van der Waals surface area contributed by atoms with Crippen molar-refractivity contribution in [2.24, 2.45) is 5.92 Å². The second kappa shape index (κ2) is 13.9. The summed E-state index contributed by atoms with van der Waals surface area (Å²) in [5.74, 6) is -11.3. The molecule has 31 heavy (non-hydrogen) atoms. The van der Waals surface area contributed by atoms with Crippen molar-refractivity contribution in [3.8, 4) is 0 Å². The van der Waals surface area contributed by atoms with Crippen LogP contribution in [-0.2, 0) is 14.2 Å². The second-order valence-corrected chi connectivity index (χ2v) is 7.48. The highest BCUT2D eigenvalue weighted by Crippen LogP contribution is 2.33. The van der Waals surface area contributed by atoms with Gasteiger partial charge in [0.15, 0.2) is 23.3 Å². The molecule has 0 saturated carbocycles. The summed E-state index contributed by atoms with van der Waals surface area (Å²) in [5, 5.41) is 2.32. The third-order valence-corrected chi connectivity index (χ3v) is 5.50. The van der Waals surface area contributed by atoms with Crippen LogP contribution in [0, 0.1) is 35.0 Å². The van der Waals surface area contributed by atoms with Crippen LogP contribution >= 0.6 is 0 Å². The summed E-state index contributed by atoms with van der Waals surface area (Å²) in [6, 6.07) is 0. The molecule has 9 heteroatoms. The Morgan fingerprint density at radius 1 is 0.677 bits per heavy atom. The van der Waals surface area contributed by atoms with Crippen molar-refractivity contribution in [2.75, 3.05) is 33.2 Å². The number of hydrogen-bond acceptors (Lipinski definition) is 4. The van der Waals surface area contributed by atoms with Gasteiger partial charge in [-0.1, -0.05) is 45.4 Å². The number of hydrogen-bond donors (Lipinski definition) is 1. The summed E-state index contributed by atoms with van der Waals surface area (Å²) in [7, 11) is 4.40. The van der Waals surface area contributed by atoms with Crippen molar-refractivity contribution in [2.45, 2.75) is 70.7 Å². The molecule has 0 heterocycles. The number of halogens is 5. The number of anilines is 1. The lowest BCUT2D eigenvalue weighted by molar-refractivity contribution is -0.380. The van der Waals surface area contributed by atoms with Crippen molar-refractivity contribution in [1.82, 2.24) is 0 Å². The van der Waals surface area contributed by atoms with Crippen LogP contribution < -0.4 is 5.32 Å². The van der Waals surface area contributed by atoms with Crippen molar-refractivity contribution in [3.05, 3.63) is 29.1 Å². The molecule has 1 aromatic rings. The Bertz CT molecular complexity index is 634. The van der Waals surface area contributed by atoms with Gasteiger partial charge in [-0.3, -0.25) is 0 Å². The largest absolute Gasteiger partial charge is 0.380 e. The molecule has 0 fully saturated rings. The molecular formula is C22H34F5NO3. The first kappa shape index (κ1) is 27.6. The average Bonchev–Trinajstić information content (AvgIpc) is 2.78. The molecule has 0 saturated heterocycles. The minimum atomic E-state index is -2.18. The standard InChI is InChI=1S/C22H34F5NO3/c1-5-6-7-8-9-10-12-15(22(29-2,30-3)31-4)13-11-14-28-21-19(26)17(24)16(23)18(25)20(21)27/h15,28H,5-14H2,1-4H3. The van der Waals surface area contributed by atoms with Gasteiger partial charge in [-0.05, 0) is 19.3 Å². The summed E-state index contributed by atoms with van der Waals surface area (Å²) in [5.41, 5.74) is -1.03. The van der Waals surface area contributed by atoms with Crippen LogP contribution in [0.2, 0.25) is 0 Å². The van der Waals surface area contributed by atoms with Gasteiger partial charge in [-0.2, -0.15) is 0 Å². The summed E-state index contributed by atoms with van der Waals surface area (Å²) in [6.45, 7) is 2.15. The van der Waals surface area contributed by atoms with E-state index in [2.05, 4.69) is 12.2 Å². The third kappa shape index (κ3) is 7.29. The number of unbranched alkanes of at least 4 members (excludes halogenated alkanes) is 5. The molecule has 0 aliphatic rings. The topological polar surface area (TPSA) is 39.7 Å². The van der Waals surface area contributed by atoms with Crippen LogP contribution in [-0.4, -0.2) is 33.8 Å². The highest BCUT2D eigenvalue weighted by Gasteiger charge is 2.39. The molecule has 0 amide bonds. The van der Waals surface area contributed by atoms with Gasteiger partial charge < -0.3 is 19.5 Å². The Morgan fingerprint density at radius 2 is 1.13 bits per heavy atom. The van der Waals surface area contributed by atoms with Crippen LogP contribution in [0.3, 0.4) is 0 Å². The monoisotopic (exact) mass is 455 g/mol. The number of methoxy groups -OCH3 is 3. The van der Waals surface area contributed by atoms with E-state index in [1.807, 2.05) is 0 Å². The smallest absolute Gasteiger partial charge is 0.285 e. The zero-order valence-corrected chi connectivity index (χ0v) is 18.8. The zero-order chi connectivity index (χ0) is 23.4. The van der Waals surface area contributed by atoms with E-state index in [0.29, 0.717) is 12.8 Å². The van der Waals surface area contributed by atoms with Gasteiger partial charge >= 0.3 is 0 Å². The van der Waals surface area contributed by atoms with Crippen LogP contribution in [0.4, 0.5) is 27.6 Å². The predicted molar refractivity (Wildman–Crippen MR) is 109 cm³/mol. The second-order valence-electron chi connectivity index (χ2n) is 7.48. The maximum Gasteiger partial charge on any atom is 0.285 e. The SMILES string of the molecule is CCCCCCCCC(CCCNc1c(F)c(F)c(F)c(F)c1F)C(OC)(OC)OC. The molecule has 0 aliphatic carbocycles. The summed E-state index contributed by atoms with van der Waals surface area (Å²) in [6.07, 6.45) is 8.25. The molecule has 1 unspecified atom stereocenters. The first-order valence-corrected chi connectivity index (χ1v) is 10.7. The van der Waals surface area contributed by atoms with Crippen molar-refractivity contribution < 1.29 is 36.2 Å². The van der Waals surface area contributed by atoms with Crippen molar-refractivity contribution >= 4 is 5.69 Å². The molecular weight excluding hydrogens is 421 g/mol. The Morgan fingerprint density at radius 3 is 1.65 bits per heavy atom. The van der Waals surface area contributed by atoms with Crippen molar-refractivity contribution in [1.29, 1.82) is 0 Å². The van der Waals surface area contributed by atoms with Gasteiger partial charge in [-0.25, -0.2) is 22.0 Å². The lowest BCUT2D eigenvalue weighted by atomic mass is 9.93. The molecule has 1 rings (SSSR count). The Labute approximate surface area is 181 Å². The van der Waals surface area contributed by atoms with Gasteiger partial charge in [0.25, 0.3) is 5.97 Å². The van der Waals surface area contributed by atoms with Crippen LogP contribution in [0.5, 0.6) is 0 Å². The highest BCUT2D eigenvalue weighted by atomic mass is 19.2. The Hall–Kier alpha value is -1.45. The molecule has 180 valence electrons. The van der Waals surface area contributed by atoms with E-state index < -0.39 is 40.7 Å². The van der Waals surface area contributed by atoms with Gasteiger partial charge in [0.2, 0.25) is 5.82 Å². The van der Waals surface area contributed by atoms with E-state index in [1.165, 1.54) is 40.6 Å². The van der Waals surface area contributed by atoms with Gasteiger partial charge in [-0.15, -0.1) is 0 Å². The highest BCUT2D eigenvalue weighted by molar-refractivity contribution is 5.47. The van der Waals surface area contributed by atoms with Crippen LogP contribution in [0.25, 0.3) is 0 Å². The van der Waals surface area contributed by atoms with Gasteiger partial charge in [0, 0.05) is 33.8 Å². The fraction of sp³-hybridized carbons (Fsp3) is 0.727. The molecule has 0 spiro atoms. The zero-order valence-electron chi connectivity index (χ0n) is 18.8. The fourth-order valence-electron chi connectivity index (χ4n) is 3.74. The molecule has 1 atom stereocenters. The molecule has 4 nitrogen and oxygen atoms in total. The van der Waals surface area contributed by atoms with E-state index in [9.17, 15) is 22.0 Å². The molecule has 1 aromatic carbocycles. The van der Waals surface area contributed by atoms with E-state index in [-0.39, 0.29) is 12.5 Å². The first-order chi connectivity index (χ1) is 14.8. The Kier molecular flexibility index (Phi) is 12.3. The predicted octanol–water partition coefficient (Wildman–Crippen LogP) is 6.53. The minimum Gasteiger partial charge on any atom is -0.380 e. The summed E-state index contributed by atoms with van der Waals surface area (Å²) >= 11 is 0. The number of ether oxygens (including phenoxy) is 3. The van der Waals surface area contributed by atoms with E-state index in [1.54, 1.807) is 0 Å². The van der Waals surface area contributed by atoms with Crippen LogP contribution in [0.1, 0.15) is 64.7 Å². The average molecular weight is 456 g/mol. The maximum absolute atomic E-state index is 13.8. The van der Waals surface area contributed by atoms with Crippen molar-refractivity contribution in [3.63, 3.8) is 0 Å². The van der Waals surface area contributed by atoms with Gasteiger partial charge in [0.05, 0.1) is 0 Å². The molecule has 0 radical (unpaired) electrons. The Balaban J connectivity index is 2.72. The van der Waals surface area contributed by atoms with E-state index >= 15 is 0 Å². The summed E-state index contributed by atoms with van der Waals surface area (Å²) < 4.78 is 83.8. The van der Waals surface area contributed by atoms with E-state index in [4.69, 9.17) is 14.2 Å². The molecule has 0 aromatic heterocycles. The number of rotatable bonds is 16. The lowest BCUT2D eigenvalue weighted by Crippen LogP contribution is -2.44. The maximum atomic E-state index is 13.8. The number of benzene rings is 1. The summed E-state index contributed by atoms with van der Waals surface area (Å²) in [4.78, 5) is 0. The van der Waals surface area contributed by atoms with Gasteiger partial charge in [0.1, 0.15) is 5.69 Å².